The third-order valence-electron chi connectivity index (χ3n) is 8.36. The van der Waals surface area contributed by atoms with Gasteiger partial charge in [-0.1, -0.05) is 133 Å². The molecule has 0 aliphatic heterocycles. The van der Waals surface area contributed by atoms with Crippen LogP contribution in [0.3, 0.4) is 0 Å². The molecule has 1 radical (unpaired) electrons. The van der Waals surface area contributed by atoms with Gasteiger partial charge in [-0.2, -0.15) is 26.3 Å². The van der Waals surface area contributed by atoms with E-state index in [1.54, 1.807) is 0 Å². The topological polar surface area (TPSA) is 57.5 Å². The van der Waals surface area contributed by atoms with E-state index in [1.807, 2.05) is 66.7 Å². The van der Waals surface area contributed by atoms with Crippen molar-refractivity contribution < 1.29 is 90.5 Å². The average molecular weight is 842 g/mol. The molecule has 0 aromatic heterocycles. The molecule has 0 aliphatic carbocycles. The minimum Gasteiger partial charge on any atom is -0.416 e. The number of halogens is 6. The normalized spacial score (nSPS) is 13.4. The van der Waals surface area contributed by atoms with Crippen LogP contribution in [0, 0.1) is 55.8 Å². The summed E-state index contributed by atoms with van der Waals surface area (Å²) in [5, 5.41) is 28.1. The van der Waals surface area contributed by atoms with Crippen LogP contribution in [0.5, 0.6) is 0 Å². The SMILES string of the molecule is O=P(c1ccccc1)(c1ccccc1)c1cc2c(ccc3c4ccccc4ccc32)c2ccccc12.OC([CH-]C(O)C(F)(F)F)C(F)(F)F.[Eu]. The van der Waals surface area contributed by atoms with Gasteiger partial charge in [0.05, 0.1) is 0 Å². The summed E-state index contributed by atoms with van der Waals surface area (Å²) in [7, 11) is -3.15. The zero-order valence-electron chi connectivity index (χ0n) is 25.9. The molecule has 0 spiro atoms. The van der Waals surface area contributed by atoms with Crippen LogP contribution in [0.25, 0.3) is 43.1 Å². The van der Waals surface area contributed by atoms with Crippen molar-refractivity contribution in [1.29, 1.82) is 0 Å². The molecule has 0 heterocycles. The van der Waals surface area contributed by atoms with E-state index in [0.717, 1.165) is 32.1 Å². The molecule has 0 saturated heterocycles. The van der Waals surface area contributed by atoms with Crippen molar-refractivity contribution in [3.05, 3.63) is 146 Å². The van der Waals surface area contributed by atoms with Crippen molar-refractivity contribution in [2.75, 3.05) is 0 Å². The zero-order chi connectivity index (χ0) is 35.0. The maximum atomic E-state index is 15.4. The first kappa shape index (κ1) is 38.1. The van der Waals surface area contributed by atoms with Crippen LogP contribution < -0.4 is 15.9 Å². The van der Waals surface area contributed by atoms with Crippen LogP contribution in [0.2, 0.25) is 0 Å². The van der Waals surface area contributed by atoms with Gasteiger partial charge in [0.1, 0.15) is 0 Å². The van der Waals surface area contributed by atoms with Crippen molar-refractivity contribution in [3.8, 4) is 0 Å². The van der Waals surface area contributed by atoms with Gasteiger partial charge in [-0.15, -0.1) is 0 Å². The van der Waals surface area contributed by atoms with Crippen LogP contribution >= 0.6 is 7.14 Å². The fraction of sp³-hybridized carbons (Fsp3) is 0.103. The number of alkyl halides is 6. The number of aliphatic hydroxyl groups is 2. The Bertz CT molecular complexity index is 2250. The number of benzene rings is 7. The first-order valence-corrected chi connectivity index (χ1v) is 16.8. The summed E-state index contributed by atoms with van der Waals surface area (Å²) < 4.78 is 84.1. The van der Waals surface area contributed by atoms with Gasteiger partial charge >= 0.3 is 12.4 Å². The molecule has 0 saturated carbocycles. The summed E-state index contributed by atoms with van der Waals surface area (Å²) in [5.74, 6) is 0. The zero-order valence-corrected chi connectivity index (χ0v) is 29.2. The predicted molar refractivity (Wildman–Crippen MR) is 184 cm³/mol. The number of hydrogen-bond acceptors (Lipinski definition) is 3. The van der Waals surface area contributed by atoms with E-state index < -0.39 is 38.1 Å². The smallest absolute Gasteiger partial charge is 0.387 e. The molecule has 0 bridgehead atoms. The van der Waals surface area contributed by atoms with Gasteiger partial charge in [-0.25, -0.2) is 0 Å². The first-order chi connectivity index (χ1) is 23.3. The fourth-order valence-corrected chi connectivity index (χ4v) is 8.90. The third kappa shape index (κ3) is 7.57. The summed E-state index contributed by atoms with van der Waals surface area (Å²) in [4.78, 5) is 0. The van der Waals surface area contributed by atoms with Crippen molar-refractivity contribution in [2.45, 2.75) is 24.6 Å². The maximum absolute atomic E-state index is 15.4. The summed E-state index contributed by atoms with van der Waals surface area (Å²) in [6.45, 7) is 0. The van der Waals surface area contributed by atoms with Gasteiger partial charge in [0.25, 0.3) is 0 Å². The van der Waals surface area contributed by atoms with Crippen LogP contribution in [0.1, 0.15) is 0 Å². The van der Waals surface area contributed by atoms with Crippen molar-refractivity contribution in [2.24, 2.45) is 0 Å². The molecule has 3 nitrogen and oxygen atoms in total. The average Bonchev–Trinajstić information content (AvgIpc) is 3.10. The Morgan fingerprint density at radius 3 is 1.36 bits per heavy atom. The number of fused-ring (bicyclic) bond motifs is 7. The van der Waals surface area contributed by atoms with E-state index in [2.05, 4.69) is 72.8 Å². The number of aliphatic hydroxyl groups excluding tert-OH is 2. The van der Waals surface area contributed by atoms with E-state index >= 15 is 4.57 Å². The molecular weight excluding hydrogens is 813 g/mol. The molecule has 2 unspecified atom stereocenters. The molecule has 7 rings (SSSR count). The second kappa shape index (κ2) is 15.2. The molecule has 0 aliphatic rings. The van der Waals surface area contributed by atoms with Crippen LogP contribution in [-0.2, 0) is 4.57 Å². The van der Waals surface area contributed by atoms with Gasteiger partial charge in [-0.05, 0) is 49.2 Å². The fourth-order valence-electron chi connectivity index (χ4n) is 6.01. The van der Waals surface area contributed by atoms with Crippen molar-refractivity contribution in [1.82, 2.24) is 0 Å². The monoisotopic (exact) mass is 842 g/mol. The van der Waals surface area contributed by atoms with Gasteiger partial charge in [0.15, 0.2) is 7.14 Å². The van der Waals surface area contributed by atoms with Crippen LogP contribution in [-0.4, -0.2) is 34.8 Å². The minimum atomic E-state index is -5.20. The summed E-state index contributed by atoms with van der Waals surface area (Å²) in [6.07, 6.45) is -17.6. The van der Waals surface area contributed by atoms with E-state index in [-0.39, 0.29) is 49.4 Å². The van der Waals surface area contributed by atoms with Crippen molar-refractivity contribution >= 4 is 66.1 Å². The molecule has 50 heavy (non-hydrogen) atoms. The van der Waals surface area contributed by atoms with Crippen molar-refractivity contribution in [3.63, 3.8) is 0 Å². The molecule has 2 atom stereocenters. The first-order valence-electron chi connectivity index (χ1n) is 15.1. The third-order valence-corrected chi connectivity index (χ3v) is 11.5. The number of rotatable bonds is 5. The Morgan fingerprint density at radius 2 is 0.860 bits per heavy atom. The Hall–Kier alpha value is -3.11. The largest absolute Gasteiger partial charge is 0.416 e. The predicted octanol–water partition coefficient (Wildman–Crippen LogP) is 8.98. The molecule has 0 amide bonds. The van der Waals surface area contributed by atoms with Crippen LogP contribution in [0.4, 0.5) is 26.3 Å². The van der Waals surface area contributed by atoms with Gasteiger partial charge in [0.2, 0.25) is 0 Å². The van der Waals surface area contributed by atoms with E-state index in [1.165, 1.54) is 26.9 Å². The van der Waals surface area contributed by atoms with E-state index in [4.69, 9.17) is 10.2 Å². The summed E-state index contributed by atoms with van der Waals surface area (Å²) >= 11 is 0. The van der Waals surface area contributed by atoms with Gasteiger partial charge < -0.3 is 14.8 Å². The molecular formula is C39H28EuF6O3P-. The Balaban J connectivity index is 0.000000299. The van der Waals surface area contributed by atoms with Gasteiger partial charge in [0, 0.05) is 77.5 Å². The van der Waals surface area contributed by atoms with E-state index in [9.17, 15) is 26.3 Å². The second-order valence-electron chi connectivity index (χ2n) is 11.4. The molecule has 2 N–H and O–H groups in total. The molecule has 7 aromatic carbocycles. The Morgan fingerprint density at radius 1 is 0.480 bits per heavy atom. The molecule has 0 fully saturated rings. The van der Waals surface area contributed by atoms with Gasteiger partial charge in [-0.3, -0.25) is 6.42 Å². The van der Waals surface area contributed by atoms with E-state index in [0.29, 0.717) is 0 Å². The standard InChI is InChI=1S/C34H23OP.C5H5F6O2.Eu/c35-36(25-12-3-1-4-13-25,26-14-5-2-6-15-26)34-23-33-30-20-19-24-11-7-8-16-27(24)29(30)21-22-31(33)28-17-9-10-18-32(28)34;6-4(7,8)2(12)1-3(13)5(9,10)11;/h1-23H;1-3,12-13H;/q;-1;. The molecule has 11 heteroatoms. The summed E-state index contributed by atoms with van der Waals surface area (Å²) in [5.41, 5.74) is 0. The number of hydrogen-bond donors (Lipinski definition) is 2. The maximum Gasteiger partial charge on any atom is 0.387 e. The Labute approximate surface area is 324 Å². The van der Waals surface area contributed by atoms with Crippen LogP contribution in [0.15, 0.2) is 140 Å². The summed E-state index contributed by atoms with van der Waals surface area (Å²) in [6, 6.07) is 47.9. The Kier molecular flexibility index (Phi) is 11.6. The quantitative estimate of drug-likeness (QED) is 0.0788. The molecule has 7 aromatic rings. The molecule has 257 valence electrons. The second-order valence-corrected chi connectivity index (χ2v) is 14.2. The minimum absolute atomic E-state index is 0.